The summed E-state index contributed by atoms with van der Waals surface area (Å²) in [6, 6.07) is 0. The van der Waals surface area contributed by atoms with Crippen molar-refractivity contribution in [2.45, 2.75) is 81.6 Å². The molecule has 0 N–H and O–H groups in total. The van der Waals surface area contributed by atoms with Crippen LogP contribution in [0.4, 0.5) is 0 Å². The zero-order chi connectivity index (χ0) is 21.0. The molecule has 0 aromatic heterocycles. The fourth-order valence-electron chi connectivity index (χ4n) is 2.47. The highest BCUT2D eigenvalue weighted by Gasteiger charge is 2.49. The van der Waals surface area contributed by atoms with E-state index < -0.39 is 8.80 Å². The molecule has 0 rings (SSSR count). The molecular formula is C20H39N3O3Si. The Kier molecular flexibility index (Phi) is 11.9. The Bertz CT molecular complexity index is 471. The molecule has 0 fully saturated rings. The van der Waals surface area contributed by atoms with Gasteiger partial charge in [0.15, 0.2) is 0 Å². The third kappa shape index (κ3) is 12.4. The van der Waals surface area contributed by atoms with Gasteiger partial charge in [-0.15, -0.1) is 15.5 Å². The molecule has 0 aromatic carbocycles. The Morgan fingerprint density at radius 2 is 0.963 bits per heavy atom. The van der Waals surface area contributed by atoms with Gasteiger partial charge in [0, 0.05) is 5.70 Å². The second-order valence-corrected chi connectivity index (χ2v) is 10.5. The minimum atomic E-state index is -3.41. The van der Waals surface area contributed by atoms with Crippen LogP contribution in [0.15, 0.2) is 27.7 Å². The van der Waals surface area contributed by atoms with Crippen LogP contribution >= 0.6 is 0 Å². The highest BCUT2D eigenvalue weighted by molar-refractivity contribution is 6.66. The van der Waals surface area contributed by atoms with E-state index in [0.717, 1.165) is 36.4 Å². The van der Waals surface area contributed by atoms with Gasteiger partial charge in [-0.05, 0) is 57.8 Å². The highest BCUT2D eigenvalue weighted by atomic mass is 28.4. The summed E-state index contributed by atoms with van der Waals surface area (Å²) < 4.78 is 17.1. The first kappa shape index (κ1) is 25.4. The summed E-state index contributed by atoms with van der Waals surface area (Å²) in [5, 5.41) is 12.6. The van der Waals surface area contributed by atoms with E-state index in [2.05, 4.69) is 63.6 Å². The minimum absolute atomic E-state index is 0.483. The molecule has 0 atom stereocenters. The summed E-state index contributed by atoms with van der Waals surface area (Å²) in [4.78, 5) is 0. The summed E-state index contributed by atoms with van der Waals surface area (Å²) in [6.07, 6.45) is 2.48. The fourth-order valence-corrected chi connectivity index (χ4v) is 3.64. The zero-order valence-electron chi connectivity index (χ0n) is 18.7. The summed E-state index contributed by atoms with van der Waals surface area (Å²) >= 11 is 0. The zero-order valence-corrected chi connectivity index (χ0v) is 19.7. The van der Waals surface area contributed by atoms with Gasteiger partial charge in [0.1, 0.15) is 0 Å². The monoisotopic (exact) mass is 397 g/mol. The van der Waals surface area contributed by atoms with Crippen molar-refractivity contribution in [2.75, 3.05) is 0 Å². The molecule has 0 heterocycles. The van der Waals surface area contributed by atoms with Crippen LogP contribution < -0.4 is 0 Å². The maximum atomic E-state index is 5.70. The molecular weight excluding hydrogens is 358 g/mol. The maximum absolute atomic E-state index is 5.70. The Morgan fingerprint density at radius 3 is 1.15 bits per heavy atom. The Balaban J connectivity index is 5.44. The van der Waals surface area contributed by atoms with E-state index in [4.69, 9.17) is 13.6 Å². The van der Waals surface area contributed by atoms with Crippen molar-refractivity contribution in [3.05, 3.63) is 12.3 Å². The number of hydrogen-bond donors (Lipinski definition) is 0. The largest absolute Gasteiger partial charge is 0.791 e. The lowest BCUT2D eigenvalue weighted by Gasteiger charge is -2.20. The first-order valence-corrected chi connectivity index (χ1v) is 11.6. The van der Waals surface area contributed by atoms with Gasteiger partial charge in [0.2, 0.25) is 0 Å². The van der Waals surface area contributed by atoms with Gasteiger partial charge >= 0.3 is 8.80 Å². The van der Waals surface area contributed by atoms with Crippen LogP contribution in [0.3, 0.4) is 0 Å². The predicted molar refractivity (Wildman–Crippen MR) is 117 cm³/mol. The molecule has 0 amide bonds. The molecule has 27 heavy (non-hydrogen) atoms. The second-order valence-electron chi connectivity index (χ2n) is 8.36. The van der Waals surface area contributed by atoms with E-state index >= 15 is 0 Å². The van der Waals surface area contributed by atoms with E-state index in [-0.39, 0.29) is 0 Å². The fraction of sp³-hybridized carbons (Fsp3) is 0.750. The number of hydrogen-bond acceptors (Lipinski definition) is 6. The third-order valence-corrected chi connectivity index (χ3v) is 4.88. The molecule has 0 aliphatic carbocycles. The normalized spacial score (nSPS) is 15.9. The van der Waals surface area contributed by atoms with Crippen LogP contribution in [0.2, 0.25) is 0 Å². The van der Waals surface area contributed by atoms with Crippen molar-refractivity contribution in [1.82, 2.24) is 0 Å². The molecule has 0 aromatic rings. The van der Waals surface area contributed by atoms with Crippen molar-refractivity contribution in [3.8, 4) is 0 Å². The van der Waals surface area contributed by atoms with Crippen LogP contribution in [0.5, 0.6) is 0 Å². The first-order valence-electron chi connectivity index (χ1n) is 9.78. The molecule has 156 valence electrons. The summed E-state index contributed by atoms with van der Waals surface area (Å²) in [5.41, 5.74) is 4.10. The molecule has 7 heteroatoms. The van der Waals surface area contributed by atoms with E-state index in [9.17, 15) is 0 Å². The van der Waals surface area contributed by atoms with Crippen molar-refractivity contribution in [3.63, 3.8) is 0 Å². The van der Waals surface area contributed by atoms with Crippen LogP contribution in [-0.2, 0) is 13.6 Å². The van der Waals surface area contributed by atoms with E-state index in [1.54, 1.807) is 0 Å². The lowest BCUT2D eigenvalue weighted by molar-refractivity contribution is 0.0781. The third-order valence-electron chi connectivity index (χ3n) is 3.35. The average Bonchev–Trinajstić information content (AvgIpc) is 2.52. The Labute approximate surface area is 167 Å². The van der Waals surface area contributed by atoms with Gasteiger partial charge < -0.3 is 13.6 Å². The van der Waals surface area contributed by atoms with Gasteiger partial charge in [-0.25, -0.2) is 0 Å². The SMILES string of the molecule is C=C[Si](ON=C(C)CC(C)C)(ON=C(C)CC(C)C)ON=C(C)CC(C)C. The molecule has 0 unspecified atom stereocenters. The second kappa shape index (κ2) is 12.7. The Hall–Kier alpha value is -1.63. The van der Waals surface area contributed by atoms with Gasteiger partial charge in [-0.2, -0.15) is 0 Å². The molecule has 0 radical (unpaired) electrons. The first-order chi connectivity index (χ1) is 12.5. The van der Waals surface area contributed by atoms with Crippen molar-refractivity contribution in [2.24, 2.45) is 33.2 Å². The van der Waals surface area contributed by atoms with Gasteiger partial charge in [-0.3, -0.25) is 0 Å². The minimum Gasteiger partial charge on any atom is -0.370 e. The lowest BCUT2D eigenvalue weighted by atomic mass is 10.1. The van der Waals surface area contributed by atoms with Crippen molar-refractivity contribution in [1.29, 1.82) is 0 Å². The summed E-state index contributed by atoms with van der Waals surface area (Å²) in [5.74, 6) is 1.45. The summed E-state index contributed by atoms with van der Waals surface area (Å²) in [6.45, 7) is 22.4. The highest BCUT2D eigenvalue weighted by Crippen LogP contribution is 2.16. The van der Waals surface area contributed by atoms with Gasteiger partial charge in [0.05, 0.1) is 17.1 Å². The lowest BCUT2D eigenvalue weighted by Crippen LogP contribution is -2.40. The average molecular weight is 398 g/mol. The van der Waals surface area contributed by atoms with Crippen LogP contribution in [-0.4, -0.2) is 25.9 Å². The van der Waals surface area contributed by atoms with Crippen molar-refractivity contribution < 1.29 is 13.6 Å². The molecule has 0 bridgehead atoms. The smallest absolute Gasteiger partial charge is 0.370 e. The van der Waals surface area contributed by atoms with E-state index in [1.807, 2.05) is 20.8 Å². The van der Waals surface area contributed by atoms with Crippen molar-refractivity contribution >= 4 is 25.9 Å². The molecule has 6 nitrogen and oxygen atoms in total. The van der Waals surface area contributed by atoms with E-state index in [1.165, 1.54) is 5.70 Å². The van der Waals surface area contributed by atoms with Gasteiger partial charge in [0.25, 0.3) is 0 Å². The molecule has 0 spiro atoms. The quantitative estimate of drug-likeness (QED) is 0.218. The number of rotatable bonds is 13. The topological polar surface area (TPSA) is 64.8 Å². The maximum Gasteiger partial charge on any atom is 0.791 e. The molecule has 0 aliphatic heterocycles. The van der Waals surface area contributed by atoms with Gasteiger partial charge in [-0.1, -0.05) is 48.1 Å². The standard InChI is InChI=1S/C20H39N3O3Si/c1-11-27(24-21-18(8)12-15(2)3,25-22-19(9)13-16(4)5)26-23-20(10)14-17(6)7/h11,15-17H,1,12-14H2,2-10H3. The van der Waals surface area contributed by atoms with Crippen LogP contribution in [0.25, 0.3) is 0 Å². The summed E-state index contributed by atoms with van der Waals surface area (Å²) in [7, 11) is -3.41. The Morgan fingerprint density at radius 1 is 0.704 bits per heavy atom. The molecule has 0 aliphatic rings. The predicted octanol–water partition coefficient (Wildman–Crippen LogP) is 5.97. The van der Waals surface area contributed by atoms with Crippen LogP contribution in [0.1, 0.15) is 81.6 Å². The van der Waals surface area contributed by atoms with E-state index in [0.29, 0.717) is 17.8 Å². The molecule has 0 saturated carbocycles. The van der Waals surface area contributed by atoms with Crippen LogP contribution in [0, 0.1) is 17.8 Å². The molecule has 0 saturated heterocycles. The number of oxime groups is 3. The number of nitrogens with zero attached hydrogens (tertiary/aromatic N) is 3.